The van der Waals surface area contributed by atoms with Gasteiger partial charge in [-0.25, -0.2) is 37.1 Å². The second-order valence-electron chi connectivity index (χ2n) is 20.9. The van der Waals surface area contributed by atoms with Crippen molar-refractivity contribution in [1.29, 1.82) is 0 Å². The Bertz CT molecular complexity index is 2880. The minimum Gasteiger partial charge on any atom is -0.493 e. The normalized spacial score (nSPS) is 19.7. The number of carbonyl (C=O) groups is 1. The van der Waals surface area contributed by atoms with Crippen molar-refractivity contribution >= 4 is 25.2 Å². The lowest BCUT2D eigenvalue weighted by Gasteiger charge is -2.37. The molecule has 0 spiro atoms. The summed E-state index contributed by atoms with van der Waals surface area (Å²) in [7, 11) is -1.46. The summed E-state index contributed by atoms with van der Waals surface area (Å²) in [5.74, 6) is -1.23. The number of nitrogens with one attached hydrogen (secondary N) is 2. The molecule has 12 atom stereocenters. The summed E-state index contributed by atoms with van der Waals surface area (Å²) in [6.45, 7) is 6.19. The van der Waals surface area contributed by atoms with Crippen molar-refractivity contribution in [1.82, 2.24) is 39.7 Å². The van der Waals surface area contributed by atoms with Crippen molar-refractivity contribution in [2.45, 2.75) is 113 Å². The number of halogens is 2. The van der Waals surface area contributed by atoms with Gasteiger partial charge in [0.2, 0.25) is 0 Å². The molecule has 2 aromatic heterocycles. The van der Waals surface area contributed by atoms with Crippen molar-refractivity contribution in [3.63, 3.8) is 0 Å². The zero-order valence-corrected chi connectivity index (χ0v) is 49.6. The summed E-state index contributed by atoms with van der Waals surface area (Å²) >= 11 is 0. The fourth-order valence-electron chi connectivity index (χ4n) is 9.76. The number of hydrogen-bond acceptors (Lipinski definition) is 24. The van der Waals surface area contributed by atoms with Crippen LogP contribution in [0.3, 0.4) is 0 Å². The van der Waals surface area contributed by atoms with Gasteiger partial charge in [0.1, 0.15) is 84.7 Å². The van der Waals surface area contributed by atoms with Crippen molar-refractivity contribution in [2.75, 3.05) is 96.2 Å². The van der Waals surface area contributed by atoms with Gasteiger partial charge in [-0.05, 0) is 94.9 Å². The number of phosphoric acid groups is 1. The van der Waals surface area contributed by atoms with E-state index in [1.54, 1.807) is 32.0 Å². The molecule has 0 unspecified atom stereocenters. The molecule has 5 aromatic rings. The average Bonchev–Trinajstić information content (AvgIpc) is 2.13. The van der Waals surface area contributed by atoms with Crippen molar-refractivity contribution in [2.24, 2.45) is 5.92 Å². The summed E-state index contributed by atoms with van der Waals surface area (Å²) < 4.78 is 66.3. The lowest BCUT2D eigenvalue weighted by Crippen LogP contribution is -2.48. The maximum Gasteiger partial charge on any atom is 0.469 e. The van der Waals surface area contributed by atoms with Gasteiger partial charge in [-0.1, -0.05) is 13.0 Å². The molecule has 7 rings (SSSR count). The molecular formula is C55H83F2N10O19P. The lowest BCUT2D eigenvalue weighted by molar-refractivity contribution is -0.151. The van der Waals surface area contributed by atoms with Crippen LogP contribution in [0.2, 0.25) is 0 Å². The molecule has 4 heterocycles. The molecule has 87 heavy (non-hydrogen) atoms. The topological polar surface area (TPSA) is 415 Å². The van der Waals surface area contributed by atoms with E-state index in [-0.39, 0.29) is 56.3 Å². The molecular weight excluding hydrogens is 1170 g/mol. The number of hydrogen-bond donors (Lipinski definition) is 14. The highest BCUT2D eigenvalue weighted by atomic mass is 31.2. The molecule has 32 heteroatoms. The molecule has 29 nitrogen and oxygen atoms in total. The molecule has 0 aliphatic carbocycles. The van der Waals surface area contributed by atoms with Crippen molar-refractivity contribution in [3.05, 3.63) is 113 Å². The number of aliphatic hydroxyl groups excluding tert-OH is 10. The molecule has 2 fully saturated rings. The summed E-state index contributed by atoms with van der Waals surface area (Å²) in [4.78, 5) is 52.0. The number of aliphatic hydroxyl groups is 10. The number of esters is 1. The summed E-state index contributed by atoms with van der Waals surface area (Å²) in [6, 6.07) is 18.7. The smallest absolute Gasteiger partial charge is 0.469 e. The van der Waals surface area contributed by atoms with E-state index >= 15 is 4.39 Å². The van der Waals surface area contributed by atoms with E-state index in [1.807, 2.05) is 55.5 Å². The van der Waals surface area contributed by atoms with Crippen LogP contribution in [0.25, 0.3) is 5.69 Å². The highest BCUT2D eigenvalue weighted by Crippen LogP contribution is 2.42. The van der Waals surface area contributed by atoms with Gasteiger partial charge in [0, 0.05) is 74.6 Å². The zero-order valence-electron chi connectivity index (χ0n) is 48.8. The van der Waals surface area contributed by atoms with Gasteiger partial charge < -0.3 is 95.5 Å². The minimum absolute atomic E-state index is 0.0403. The number of benzene rings is 3. The van der Waals surface area contributed by atoms with Gasteiger partial charge in [-0.3, -0.25) is 9.32 Å². The third kappa shape index (κ3) is 21.1. The second kappa shape index (κ2) is 34.7. The van der Waals surface area contributed by atoms with Gasteiger partial charge in [0.25, 0.3) is 0 Å². The van der Waals surface area contributed by atoms with Gasteiger partial charge in [0.15, 0.2) is 0 Å². The number of rotatable bonds is 30. The Morgan fingerprint density at radius 2 is 1.32 bits per heavy atom. The Morgan fingerprint density at radius 1 is 0.782 bits per heavy atom. The number of piperazine rings is 1. The first-order chi connectivity index (χ1) is 41.4. The Hall–Kier alpha value is -5.94. The van der Waals surface area contributed by atoms with Crippen molar-refractivity contribution < 1.29 is 97.7 Å². The summed E-state index contributed by atoms with van der Waals surface area (Å²) in [5.41, 5.74) is 1.59. The number of carbonyl (C=O) groups excluding carboxylic acids is 1. The van der Waals surface area contributed by atoms with Gasteiger partial charge in [-0.2, -0.15) is 10.2 Å². The van der Waals surface area contributed by atoms with E-state index in [2.05, 4.69) is 40.1 Å². The first-order valence-electron chi connectivity index (χ1n) is 28.2. The number of ether oxygens (including phenoxy) is 3. The van der Waals surface area contributed by atoms with Crippen LogP contribution in [0.1, 0.15) is 51.1 Å². The highest BCUT2D eigenvalue weighted by molar-refractivity contribution is 7.46. The first kappa shape index (κ1) is 71.8. The number of phosphoric ester groups is 1. The maximum atomic E-state index is 15.0. The monoisotopic (exact) mass is 1260 g/mol. The molecule has 2 aliphatic heterocycles. The molecule has 3 aromatic carbocycles. The number of aromatic nitrogens is 6. The average molecular weight is 1260 g/mol. The summed E-state index contributed by atoms with van der Waals surface area (Å²) in [5, 5.41) is 103. The van der Waals surface area contributed by atoms with E-state index < -0.39 is 105 Å². The number of anilines is 2. The van der Waals surface area contributed by atoms with Crippen molar-refractivity contribution in [3.8, 4) is 11.4 Å². The highest BCUT2D eigenvalue weighted by Gasteiger charge is 2.45. The third-order valence-corrected chi connectivity index (χ3v) is 15.0. The van der Waals surface area contributed by atoms with Crippen LogP contribution < -0.4 is 30.9 Å². The van der Waals surface area contributed by atoms with E-state index in [9.17, 15) is 28.8 Å². The number of likely N-dealkylation sites (N-methyl/N-ethyl adjacent to an activating group) is 2. The van der Waals surface area contributed by atoms with E-state index in [4.69, 9.17) is 64.8 Å². The van der Waals surface area contributed by atoms with Gasteiger partial charge in [-0.15, -0.1) is 0 Å². The molecule has 2 aliphatic rings. The molecule has 486 valence electrons. The maximum absolute atomic E-state index is 15.0. The second-order valence-corrected chi connectivity index (χ2v) is 22.2. The van der Waals surface area contributed by atoms with Crippen LogP contribution >= 0.6 is 7.82 Å². The third-order valence-electron chi connectivity index (χ3n) is 14.5. The predicted molar refractivity (Wildman–Crippen MR) is 308 cm³/mol. The van der Waals surface area contributed by atoms with Crippen LogP contribution in [0, 0.1) is 17.6 Å². The largest absolute Gasteiger partial charge is 0.493 e. The standard InChI is InChI=1S/C41H49F2N8O9P.2C7H17NO5/c1-3-38(29(2)60-39(52)5-4-20-59-61(54,55)56)51-40(53)50(28-46-51)34-9-7-32(8-10-34)47-16-18-48(19-17-47)33-11-13-35(14-12-33)57-23-30-22-41(58-24-30,25-49-27-44-26-45-49)36-15-6-31(42)21-37(36)43;2*1-8-2-4(10)6(12)7(13)5(11)3-9/h6-15,21,26-30,38H,3-5,16-20,22-25H2,1-2H3,(H2,54,55,56);2*4-13H,2-3H2,1H3/t29-,30+,38-,41-;2*4-,5+,6+,7+/m000/s1. The van der Waals surface area contributed by atoms with Crippen LogP contribution in [0.4, 0.5) is 20.2 Å². The van der Waals surface area contributed by atoms with Gasteiger partial charge >= 0.3 is 19.5 Å². The van der Waals surface area contributed by atoms with Crippen LogP contribution in [0.15, 0.2) is 90.5 Å². The van der Waals surface area contributed by atoms with E-state index in [1.165, 1.54) is 34.0 Å². The lowest BCUT2D eigenvalue weighted by atomic mass is 9.87. The molecule has 0 bridgehead atoms. The van der Waals surface area contributed by atoms with Crippen LogP contribution in [0.5, 0.6) is 5.75 Å². The Labute approximate surface area is 500 Å². The molecule has 0 amide bonds. The fourth-order valence-corrected chi connectivity index (χ4v) is 10.1. The van der Waals surface area contributed by atoms with E-state index in [0.717, 1.165) is 43.6 Å². The molecule has 0 saturated carbocycles. The van der Waals surface area contributed by atoms with E-state index in [0.29, 0.717) is 37.5 Å². The predicted octanol–water partition coefficient (Wildman–Crippen LogP) is -1.70. The Kier molecular flexibility index (Phi) is 28.7. The molecule has 14 N–H and O–H groups in total. The Morgan fingerprint density at radius 3 is 1.82 bits per heavy atom. The quantitative estimate of drug-likeness (QED) is 0.0138. The van der Waals surface area contributed by atoms with Crippen LogP contribution in [-0.4, -0.2) is 237 Å². The number of nitrogens with zero attached hydrogens (tertiary/aromatic N) is 8. The molecule has 2 saturated heterocycles. The first-order valence-corrected chi connectivity index (χ1v) is 29.7. The SMILES string of the molecule is CC[C@@H]([C@H](C)OC(=O)CCCOP(=O)(O)O)n1ncn(-c2ccc(N3CCN(c4ccc(OC[C@@H]5CO[C@@](Cn6cncn6)(c6ccc(F)cc6F)C5)cc4)CC3)cc2)c1=O.CNC[C@H](O)[C@@H](O)[C@H](O)[C@H](O)CO.CNC[C@H](O)[C@@H](O)[C@H](O)[C@H](O)CO. The molecule has 0 radical (unpaired) electrons. The fraction of sp³-hybridized carbons (Fsp3) is 0.582. The van der Waals surface area contributed by atoms with Gasteiger partial charge in [0.05, 0.1) is 63.5 Å². The Balaban J connectivity index is 0.000000440. The minimum atomic E-state index is -4.61. The van der Waals surface area contributed by atoms with Crippen LogP contribution in [-0.2, 0) is 35.5 Å². The summed E-state index contributed by atoms with van der Waals surface area (Å²) in [6.07, 6.45) is -6.70. The zero-order chi connectivity index (χ0) is 64.0.